The summed E-state index contributed by atoms with van der Waals surface area (Å²) in [4.78, 5) is 0. The highest BCUT2D eigenvalue weighted by Crippen LogP contribution is 2.14. The van der Waals surface area contributed by atoms with Crippen LogP contribution in [0.25, 0.3) is 0 Å². The molecule has 4 nitrogen and oxygen atoms in total. The van der Waals surface area contributed by atoms with Gasteiger partial charge in [0.25, 0.3) is 0 Å². The van der Waals surface area contributed by atoms with Gasteiger partial charge in [-0.05, 0) is 5.41 Å². The highest BCUT2D eigenvalue weighted by Gasteiger charge is 2.20. The van der Waals surface area contributed by atoms with Gasteiger partial charge in [-0.15, -0.1) is 0 Å². The summed E-state index contributed by atoms with van der Waals surface area (Å²) in [5.41, 5.74) is 5.00. The third-order valence-corrected chi connectivity index (χ3v) is 3.20. The maximum absolute atomic E-state index is 11.4. The van der Waals surface area contributed by atoms with Gasteiger partial charge in [0.15, 0.2) is 0 Å². The van der Waals surface area contributed by atoms with Crippen LogP contribution in [0.4, 0.5) is 0 Å². The zero-order valence-electron chi connectivity index (χ0n) is 9.08. The van der Waals surface area contributed by atoms with Crippen LogP contribution in [0, 0.1) is 5.41 Å². The lowest BCUT2D eigenvalue weighted by Gasteiger charge is -2.17. The molecule has 0 fully saturated rings. The minimum absolute atomic E-state index is 0.135. The van der Waals surface area contributed by atoms with Gasteiger partial charge >= 0.3 is 0 Å². The fourth-order valence-corrected chi connectivity index (χ4v) is 2.57. The molecule has 0 radical (unpaired) electrons. The zero-order valence-corrected chi connectivity index (χ0v) is 9.89. The first-order chi connectivity index (χ1) is 6.27. The van der Waals surface area contributed by atoms with Crippen molar-refractivity contribution in [2.45, 2.75) is 20.8 Å². The summed E-state index contributed by atoms with van der Waals surface area (Å²) in [6.07, 6.45) is 3.43. The van der Waals surface area contributed by atoms with E-state index >= 15 is 0 Å². The lowest BCUT2D eigenvalue weighted by Crippen LogP contribution is -2.32. The van der Waals surface area contributed by atoms with Crippen LogP contribution < -0.4 is 10.5 Å². The molecule has 0 aromatic heterocycles. The fraction of sp³-hybridized carbons (Fsp3) is 0.778. The van der Waals surface area contributed by atoms with Crippen molar-refractivity contribution >= 4 is 10.0 Å². The Kier molecular flexibility index (Phi) is 5.33. The van der Waals surface area contributed by atoms with E-state index in [0.29, 0.717) is 13.1 Å². The molecule has 0 aromatic rings. The zero-order chi connectivity index (χ0) is 11.2. The number of hydrogen-bond acceptors (Lipinski definition) is 3. The molecule has 0 atom stereocenters. The average molecular weight is 220 g/mol. The Morgan fingerprint density at radius 1 is 1.29 bits per heavy atom. The topological polar surface area (TPSA) is 72.2 Å². The summed E-state index contributed by atoms with van der Waals surface area (Å²) in [5.74, 6) is 0.135. The monoisotopic (exact) mass is 220 g/mol. The Morgan fingerprint density at radius 3 is 2.29 bits per heavy atom. The standard InChI is InChI=1S/C9H20N2O2S/c1-9(2,3)8-14(12,13)11-7-5-4-6-10/h4-5,11H,6-8,10H2,1-3H3/b5-4+. The van der Waals surface area contributed by atoms with E-state index in [2.05, 4.69) is 4.72 Å². The predicted molar refractivity (Wildman–Crippen MR) is 59.4 cm³/mol. The Labute approximate surface area is 86.6 Å². The lowest BCUT2D eigenvalue weighted by molar-refractivity contribution is 0.459. The van der Waals surface area contributed by atoms with Gasteiger partial charge in [0.05, 0.1) is 5.75 Å². The summed E-state index contributed by atoms with van der Waals surface area (Å²) in [6, 6.07) is 0. The molecule has 0 bridgehead atoms. The first kappa shape index (κ1) is 13.6. The third kappa shape index (κ3) is 8.22. The van der Waals surface area contributed by atoms with Crippen molar-refractivity contribution in [3.05, 3.63) is 12.2 Å². The van der Waals surface area contributed by atoms with Crippen molar-refractivity contribution < 1.29 is 8.42 Å². The van der Waals surface area contributed by atoms with Gasteiger partial charge in [-0.3, -0.25) is 0 Å². The summed E-state index contributed by atoms with van der Waals surface area (Å²) >= 11 is 0. The van der Waals surface area contributed by atoms with Gasteiger partial charge in [0.2, 0.25) is 10.0 Å². The number of nitrogens with one attached hydrogen (secondary N) is 1. The smallest absolute Gasteiger partial charge is 0.212 e. The van der Waals surface area contributed by atoms with E-state index in [9.17, 15) is 8.42 Å². The van der Waals surface area contributed by atoms with E-state index < -0.39 is 10.0 Å². The Hall–Kier alpha value is -0.390. The Morgan fingerprint density at radius 2 is 1.86 bits per heavy atom. The highest BCUT2D eigenvalue weighted by molar-refractivity contribution is 7.89. The largest absolute Gasteiger partial charge is 0.327 e. The van der Waals surface area contributed by atoms with Crippen LogP contribution >= 0.6 is 0 Å². The third-order valence-electron chi connectivity index (χ3n) is 1.35. The molecule has 84 valence electrons. The van der Waals surface area contributed by atoms with E-state index in [1.807, 2.05) is 20.8 Å². The van der Waals surface area contributed by atoms with Crippen molar-refractivity contribution in [3.63, 3.8) is 0 Å². The summed E-state index contributed by atoms with van der Waals surface area (Å²) in [6.45, 7) is 6.42. The molecule has 3 N–H and O–H groups in total. The summed E-state index contributed by atoms with van der Waals surface area (Å²) in [7, 11) is -3.16. The average Bonchev–Trinajstić information content (AvgIpc) is 1.93. The Balaban J connectivity index is 4.04. The van der Waals surface area contributed by atoms with Gasteiger partial charge in [-0.2, -0.15) is 0 Å². The van der Waals surface area contributed by atoms with Crippen molar-refractivity contribution in [3.8, 4) is 0 Å². The van der Waals surface area contributed by atoms with Crippen LogP contribution in [0.3, 0.4) is 0 Å². The maximum Gasteiger partial charge on any atom is 0.212 e. The fourth-order valence-electron chi connectivity index (χ4n) is 0.976. The molecule has 0 aliphatic heterocycles. The number of hydrogen-bond donors (Lipinski definition) is 2. The molecule has 0 aliphatic rings. The molecular weight excluding hydrogens is 200 g/mol. The normalized spacial score (nSPS) is 13.7. The van der Waals surface area contributed by atoms with Crippen LogP contribution in [0.15, 0.2) is 12.2 Å². The SMILES string of the molecule is CC(C)(C)CS(=O)(=O)NC/C=C/CN. The second-order valence-electron chi connectivity index (χ2n) is 4.38. The first-order valence-corrected chi connectivity index (χ1v) is 6.24. The van der Waals surface area contributed by atoms with Crippen molar-refractivity contribution in [1.82, 2.24) is 4.72 Å². The van der Waals surface area contributed by atoms with Crippen molar-refractivity contribution in [2.75, 3.05) is 18.8 Å². The van der Waals surface area contributed by atoms with Crippen molar-refractivity contribution in [2.24, 2.45) is 11.1 Å². The van der Waals surface area contributed by atoms with Gasteiger partial charge in [-0.1, -0.05) is 32.9 Å². The van der Waals surface area contributed by atoms with Crippen LogP contribution in [-0.4, -0.2) is 27.3 Å². The number of rotatable bonds is 5. The van der Waals surface area contributed by atoms with Crippen molar-refractivity contribution in [1.29, 1.82) is 0 Å². The van der Waals surface area contributed by atoms with Crippen LogP contribution in [0.5, 0.6) is 0 Å². The molecule has 0 rings (SSSR count). The molecule has 0 saturated heterocycles. The number of nitrogens with two attached hydrogens (primary N) is 1. The minimum Gasteiger partial charge on any atom is -0.327 e. The molecule has 0 heterocycles. The summed E-state index contributed by atoms with van der Waals surface area (Å²) in [5, 5.41) is 0. The predicted octanol–water partition coefficient (Wildman–Crippen LogP) is 0.467. The molecular formula is C9H20N2O2S. The quantitative estimate of drug-likeness (QED) is 0.661. The van der Waals surface area contributed by atoms with E-state index in [-0.39, 0.29) is 11.2 Å². The number of sulfonamides is 1. The minimum atomic E-state index is -3.16. The second kappa shape index (κ2) is 5.48. The van der Waals surface area contributed by atoms with E-state index in [0.717, 1.165) is 0 Å². The van der Waals surface area contributed by atoms with Crippen LogP contribution in [-0.2, 0) is 10.0 Å². The van der Waals surface area contributed by atoms with Gasteiger partial charge in [0.1, 0.15) is 0 Å². The molecule has 0 aromatic carbocycles. The molecule has 0 aliphatic carbocycles. The first-order valence-electron chi connectivity index (χ1n) is 4.59. The van der Waals surface area contributed by atoms with Gasteiger partial charge < -0.3 is 5.73 Å². The molecule has 5 heteroatoms. The molecule has 0 amide bonds. The van der Waals surface area contributed by atoms with E-state index in [1.165, 1.54) is 0 Å². The Bertz CT molecular complexity index is 276. The summed E-state index contributed by atoms with van der Waals surface area (Å²) < 4.78 is 25.3. The lowest BCUT2D eigenvalue weighted by atomic mass is 10.0. The van der Waals surface area contributed by atoms with Gasteiger partial charge in [-0.25, -0.2) is 13.1 Å². The highest BCUT2D eigenvalue weighted by atomic mass is 32.2. The van der Waals surface area contributed by atoms with E-state index in [1.54, 1.807) is 12.2 Å². The van der Waals surface area contributed by atoms with Crippen LogP contribution in [0.1, 0.15) is 20.8 Å². The maximum atomic E-state index is 11.4. The van der Waals surface area contributed by atoms with Gasteiger partial charge in [0, 0.05) is 13.1 Å². The molecule has 0 unspecified atom stereocenters. The molecule has 0 spiro atoms. The second-order valence-corrected chi connectivity index (χ2v) is 6.18. The molecule has 0 saturated carbocycles. The van der Waals surface area contributed by atoms with E-state index in [4.69, 9.17) is 5.73 Å². The molecule has 14 heavy (non-hydrogen) atoms. The van der Waals surface area contributed by atoms with Crippen LogP contribution in [0.2, 0.25) is 0 Å².